The highest BCUT2D eigenvalue weighted by atomic mass is 32.2. The second-order valence-electron chi connectivity index (χ2n) is 7.30. The van der Waals surface area contributed by atoms with Crippen molar-refractivity contribution in [2.24, 2.45) is 0 Å². The number of nitrogens with one attached hydrogen (secondary N) is 1. The lowest BCUT2D eigenvalue weighted by Gasteiger charge is -2.17. The van der Waals surface area contributed by atoms with Gasteiger partial charge in [0.1, 0.15) is 5.75 Å². The number of ether oxygens (including phenoxy) is 3. The third-order valence-electron chi connectivity index (χ3n) is 4.90. The predicted molar refractivity (Wildman–Crippen MR) is 134 cm³/mol. The maximum atomic E-state index is 12.7. The first-order valence-electron chi connectivity index (χ1n) is 11.2. The van der Waals surface area contributed by atoms with Gasteiger partial charge in [-0.15, -0.1) is 11.8 Å². The molecule has 33 heavy (non-hydrogen) atoms. The third kappa shape index (κ3) is 7.46. The van der Waals surface area contributed by atoms with Crippen LogP contribution in [-0.4, -0.2) is 31.5 Å². The summed E-state index contributed by atoms with van der Waals surface area (Å²) in [6.07, 6.45) is 0. The second-order valence-corrected chi connectivity index (χ2v) is 8.47. The van der Waals surface area contributed by atoms with Crippen molar-refractivity contribution in [3.63, 3.8) is 0 Å². The van der Waals surface area contributed by atoms with E-state index in [-0.39, 0.29) is 11.9 Å². The normalized spacial score (nSPS) is 11.5. The number of thioether (sulfide) groups is 1. The molecule has 0 aliphatic heterocycles. The van der Waals surface area contributed by atoms with Crippen LogP contribution >= 0.6 is 11.8 Å². The van der Waals surface area contributed by atoms with Gasteiger partial charge in [-0.3, -0.25) is 4.79 Å². The molecule has 0 saturated heterocycles. The molecule has 5 nitrogen and oxygen atoms in total. The van der Waals surface area contributed by atoms with Crippen LogP contribution in [-0.2, 0) is 0 Å². The van der Waals surface area contributed by atoms with Crippen molar-refractivity contribution >= 4 is 17.7 Å². The first kappa shape index (κ1) is 24.5. The molecule has 0 unspecified atom stereocenters. The fraction of sp³-hybridized carbons (Fsp3) is 0.296. The number of amides is 1. The average molecular weight is 466 g/mol. The number of rotatable bonds is 12. The van der Waals surface area contributed by atoms with Crippen molar-refractivity contribution in [2.75, 3.05) is 25.6 Å². The fourth-order valence-corrected chi connectivity index (χ4v) is 3.99. The van der Waals surface area contributed by atoms with Gasteiger partial charge in [0.05, 0.1) is 25.9 Å². The molecule has 3 rings (SSSR count). The van der Waals surface area contributed by atoms with Gasteiger partial charge in [0.15, 0.2) is 11.5 Å². The van der Waals surface area contributed by atoms with Crippen molar-refractivity contribution in [1.82, 2.24) is 5.32 Å². The highest BCUT2D eigenvalue weighted by molar-refractivity contribution is 7.99. The molecule has 0 aliphatic carbocycles. The lowest BCUT2D eigenvalue weighted by Crippen LogP contribution is -2.26. The molecule has 1 N–H and O–H groups in total. The van der Waals surface area contributed by atoms with Crippen LogP contribution in [0.15, 0.2) is 77.7 Å². The molecule has 174 valence electrons. The monoisotopic (exact) mass is 465 g/mol. The summed E-state index contributed by atoms with van der Waals surface area (Å²) in [5.74, 6) is 2.86. The van der Waals surface area contributed by atoms with Crippen LogP contribution in [0.4, 0.5) is 0 Å². The zero-order valence-electron chi connectivity index (χ0n) is 19.4. The van der Waals surface area contributed by atoms with Crippen LogP contribution in [0.5, 0.6) is 17.2 Å². The van der Waals surface area contributed by atoms with Crippen LogP contribution in [0, 0.1) is 0 Å². The van der Waals surface area contributed by atoms with Gasteiger partial charge >= 0.3 is 0 Å². The van der Waals surface area contributed by atoms with Gasteiger partial charge < -0.3 is 19.5 Å². The summed E-state index contributed by atoms with van der Waals surface area (Å²) in [4.78, 5) is 14.0. The van der Waals surface area contributed by atoms with Crippen molar-refractivity contribution in [3.8, 4) is 17.2 Å². The van der Waals surface area contributed by atoms with E-state index in [1.165, 1.54) is 4.90 Å². The molecule has 1 amide bonds. The van der Waals surface area contributed by atoms with Gasteiger partial charge in [0.25, 0.3) is 5.91 Å². The van der Waals surface area contributed by atoms with E-state index in [0.29, 0.717) is 36.9 Å². The highest BCUT2D eigenvalue weighted by Gasteiger charge is 2.14. The van der Waals surface area contributed by atoms with E-state index in [1.807, 2.05) is 69.3 Å². The summed E-state index contributed by atoms with van der Waals surface area (Å²) in [7, 11) is 0. The Labute approximate surface area is 200 Å². The molecule has 6 heteroatoms. The molecule has 0 bridgehead atoms. The summed E-state index contributed by atoms with van der Waals surface area (Å²) in [6, 6.07) is 23.0. The van der Waals surface area contributed by atoms with Crippen LogP contribution < -0.4 is 19.5 Å². The van der Waals surface area contributed by atoms with E-state index in [0.717, 1.165) is 17.1 Å². The SMILES string of the molecule is CCOc1ccc([C@@H](C)NC(=O)c2ccc(OCCSc3ccccc3)cc2)cc1OCC. The largest absolute Gasteiger partial charge is 0.493 e. The van der Waals surface area contributed by atoms with Crippen LogP contribution in [0.3, 0.4) is 0 Å². The van der Waals surface area contributed by atoms with E-state index < -0.39 is 0 Å². The summed E-state index contributed by atoms with van der Waals surface area (Å²) in [6.45, 7) is 7.53. The second kappa shape index (κ2) is 12.8. The van der Waals surface area contributed by atoms with Gasteiger partial charge in [-0.2, -0.15) is 0 Å². The molecular formula is C27H31NO4S. The lowest BCUT2D eigenvalue weighted by atomic mass is 10.1. The number of hydrogen-bond acceptors (Lipinski definition) is 5. The predicted octanol–water partition coefficient (Wildman–Crippen LogP) is 6.15. The molecule has 3 aromatic rings. The van der Waals surface area contributed by atoms with Gasteiger partial charge in [0.2, 0.25) is 0 Å². The molecule has 0 fully saturated rings. The molecule has 0 radical (unpaired) electrons. The Kier molecular flexibility index (Phi) is 9.51. The Morgan fingerprint density at radius 2 is 1.58 bits per heavy atom. The third-order valence-corrected chi connectivity index (χ3v) is 5.87. The standard InChI is InChI=1S/C27H31NO4S/c1-4-30-25-16-13-22(19-26(25)31-5-2)20(3)28-27(29)21-11-14-23(15-12-21)32-17-18-33-24-9-7-6-8-10-24/h6-16,19-20H,4-5,17-18H2,1-3H3,(H,28,29)/t20-/m1/s1. The molecular weight excluding hydrogens is 434 g/mol. The molecule has 0 saturated carbocycles. The Balaban J connectivity index is 1.52. The minimum atomic E-state index is -0.182. The molecule has 0 heterocycles. The Bertz CT molecular complexity index is 1010. The molecule has 3 aromatic carbocycles. The van der Waals surface area contributed by atoms with E-state index in [4.69, 9.17) is 14.2 Å². The van der Waals surface area contributed by atoms with Crippen LogP contribution in [0.1, 0.15) is 42.7 Å². The Morgan fingerprint density at radius 3 is 2.27 bits per heavy atom. The molecule has 0 aliphatic rings. The van der Waals surface area contributed by atoms with Crippen LogP contribution in [0.25, 0.3) is 0 Å². The van der Waals surface area contributed by atoms with Gasteiger partial charge in [-0.25, -0.2) is 0 Å². The number of carbonyl (C=O) groups is 1. The molecule has 0 aromatic heterocycles. The average Bonchev–Trinajstić information content (AvgIpc) is 2.84. The van der Waals surface area contributed by atoms with Crippen LogP contribution in [0.2, 0.25) is 0 Å². The maximum absolute atomic E-state index is 12.7. The first-order valence-corrected chi connectivity index (χ1v) is 12.2. The van der Waals surface area contributed by atoms with Crippen molar-refractivity contribution in [1.29, 1.82) is 0 Å². The maximum Gasteiger partial charge on any atom is 0.251 e. The lowest BCUT2D eigenvalue weighted by molar-refractivity contribution is 0.0939. The fourth-order valence-electron chi connectivity index (χ4n) is 3.24. The summed E-state index contributed by atoms with van der Waals surface area (Å²) < 4.78 is 17.1. The minimum Gasteiger partial charge on any atom is -0.493 e. The van der Waals surface area contributed by atoms with Gasteiger partial charge in [0, 0.05) is 16.2 Å². The Hall–Kier alpha value is -3.12. The van der Waals surface area contributed by atoms with Crippen molar-refractivity contribution in [3.05, 3.63) is 83.9 Å². The van der Waals surface area contributed by atoms with Gasteiger partial charge in [-0.1, -0.05) is 24.3 Å². The topological polar surface area (TPSA) is 56.8 Å². The van der Waals surface area contributed by atoms with Crippen molar-refractivity contribution < 1.29 is 19.0 Å². The molecule has 1 atom stereocenters. The number of benzene rings is 3. The highest BCUT2D eigenvalue weighted by Crippen LogP contribution is 2.31. The van der Waals surface area contributed by atoms with Gasteiger partial charge in [-0.05, 0) is 74.9 Å². The van der Waals surface area contributed by atoms with E-state index in [9.17, 15) is 4.79 Å². The van der Waals surface area contributed by atoms with Crippen molar-refractivity contribution in [2.45, 2.75) is 31.7 Å². The zero-order chi connectivity index (χ0) is 23.5. The zero-order valence-corrected chi connectivity index (χ0v) is 20.2. The first-order chi connectivity index (χ1) is 16.1. The Morgan fingerprint density at radius 1 is 0.879 bits per heavy atom. The number of carbonyl (C=O) groups excluding carboxylic acids is 1. The molecule has 0 spiro atoms. The van der Waals surface area contributed by atoms with E-state index >= 15 is 0 Å². The summed E-state index contributed by atoms with van der Waals surface area (Å²) in [5, 5.41) is 3.04. The minimum absolute atomic E-state index is 0.138. The number of hydrogen-bond donors (Lipinski definition) is 1. The quantitative estimate of drug-likeness (QED) is 0.257. The van der Waals surface area contributed by atoms with E-state index in [2.05, 4.69) is 17.4 Å². The smallest absolute Gasteiger partial charge is 0.251 e. The summed E-state index contributed by atoms with van der Waals surface area (Å²) >= 11 is 1.75. The van der Waals surface area contributed by atoms with E-state index in [1.54, 1.807) is 23.9 Å². The summed E-state index contributed by atoms with van der Waals surface area (Å²) in [5.41, 5.74) is 1.54.